The van der Waals surface area contributed by atoms with Crippen molar-refractivity contribution in [3.63, 3.8) is 0 Å². The molecule has 0 aliphatic carbocycles. The lowest BCUT2D eigenvalue weighted by Crippen LogP contribution is -2.58. The van der Waals surface area contributed by atoms with Crippen LogP contribution in [0.15, 0.2) is 0 Å². The molecule has 2 atom stereocenters. The molecule has 0 saturated carbocycles. The van der Waals surface area contributed by atoms with Crippen LogP contribution in [0.2, 0.25) is 0 Å². The highest BCUT2D eigenvalue weighted by molar-refractivity contribution is 5.88. The second-order valence-electron chi connectivity index (χ2n) is 5.00. The third-order valence-electron chi connectivity index (χ3n) is 3.66. The van der Waals surface area contributed by atoms with Gasteiger partial charge in [-0.3, -0.25) is 9.63 Å². The summed E-state index contributed by atoms with van der Waals surface area (Å²) in [5.41, 5.74) is 2.16. The number of halogens is 2. The van der Waals surface area contributed by atoms with Crippen molar-refractivity contribution in [1.82, 2.24) is 21.0 Å². The number of nitrogens with zero attached hydrogens (tertiary/aromatic N) is 1. The van der Waals surface area contributed by atoms with E-state index in [4.69, 9.17) is 4.84 Å². The largest absolute Gasteiger partial charge is 0.327 e. The van der Waals surface area contributed by atoms with Crippen LogP contribution in [-0.4, -0.2) is 60.6 Å². The quantitative estimate of drug-likeness (QED) is 0.566. The standard InChI is InChI=1S/C10H14F2N4O3/c11-10(12)1-6(16-4-7(10)14-9(16)18)8(17)15-19-5-2-13-3-5/h5-7,13H,1-4H2,(H,14,18)(H,15,17). The Morgan fingerprint density at radius 1 is 1.47 bits per heavy atom. The van der Waals surface area contributed by atoms with E-state index in [9.17, 15) is 18.4 Å². The summed E-state index contributed by atoms with van der Waals surface area (Å²) >= 11 is 0. The van der Waals surface area contributed by atoms with E-state index < -0.39 is 36.4 Å². The Labute approximate surface area is 107 Å². The minimum Gasteiger partial charge on any atom is -0.327 e. The summed E-state index contributed by atoms with van der Waals surface area (Å²) in [6, 6.07) is -3.03. The molecule has 0 radical (unpaired) electrons. The number of nitrogens with one attached hydrogen (secondary N) is 3. The van der Waals surface area contributed by atoms with E-state index in [0.29, 0.717) is 13.1 Å². The van der Waals surface area contributed by atoms with Crippen LogP contribution in [0.3, 0.4) is 0 Å². The van der Waals surface area contributed by atoms with E-state index in [0.717, 1.165) is 4.90 Å². The number of piperidine rings is 1. The normalized spacial score (nSPS) is 32.7. The molecule has 3 N–H and O–H groups in total. The molecule has 0 aromatic carbocycles. The van der Waals surface area contributed by atoms with Gasteiger partial charge in [0.05, 0.1) is 0 Å². The monoisotopic (exact) mass is 276 g/mol. The smallest absolute Gasteiger partial charge is 0.318 e. The number of rotatable bonds is 3. The lowest BCUT2D eigenvalue weighted by atomic mass is 9.96. The number of hydrogen-bond donors (Lipinski definition) is 3. The molecule has 0 aromatic rings. The highest BCUT2D eigenvalue weighted by Crippen LogP contribution is 2.35. The first-order valence-corrected chi connectivity index (χ1v) is 6.08. The molecule has 106 valence electrons. The molecule has 3 fully saturated rings. The molecular formula is C10H14F2N4O3. The summed E-state index contributed by atoms with van der Waals surface area (Å²) in [5.74, 6) is -3.79. The van der Waals surface area contributed by atoms with Crippen molar-refractivity contribution in [3.8, 4) is 0 Å². The predicted molar refractivity (Wildman–Crippen MR) is 58.3 cm³/mol. The fourth-order valence-electron chi connectivity index (χ4n) is 2.36. The van der Waals surface area contributed by atoms with Crippen molar-refractivity contribution < 1.29 is 23.2 Å². The van der Waals surface area contributed by atoms with E-state index >= 15 is 0 Å². The Balaban J connectivity index is 1.65. The van der Waals surface area contributed by atoms with Gasteiger partial charge in [-0.1, -0.05) is 0 Å². The van der Waals surface area contributed by atoms with E-state index in [1.165, 1.54) is 0 Å². The molecule has 3 saturated heterocycles. The molecule has 0 aromatic heterocycles. The lowest BCUT2D eigenvalue weighted by molar-refractivity contribution is -0.152. The molecule has 3 aliphatic heterocycles. The number of hydroxylamine groups is 1. The number of hydrogen-bond acceptors (Lipinski definition) is 4. The van der Waals surface area contributed by atoms with Gasteiger partial charge in [0, 0.05) is 26.1 Å². The highest BCUT2D eigenvalue weighted by atomic mass is 19.3. The molecule has 7 nitrogen and oxygen atoms in total. The van der Waals surface area contributed by atoms with Crippen LogP contribution in [0.5, 0.6) is 0 Å². The van der Waals surface area contributed by atoms with Gasteiger partial charge < -0.3 is 15.5 Å². The number of alkyl halides is 2. The van der Waals surface area contributed by atoms with Crippen LogP contribution in [-0.2, 0) is 9.63 Å². The molecule has 2 unspecified atom stereocenters. The van der Waals surface area contributed by atoms with Gasteiger partial charge in [-0.05, 0) is 0 Å². The SMILES string of the molecule is O=C(NOC1CNC1)C1CC(F)(F)C2CN1C(=O)N2. The van der Waals surface area contributed by atoms with Gasteiger partial charge in [0.2, 0.25) is 0 Å². The summed E-state index contributed by atoms with van der Waals surface area (Å²) in [6.07, 6.45) is -0.831. The maximum atomic E-state index is 13.7. The Kier molecular flexibility index (Phi) is 2.82. The van der Waals surface area contributed by atoms with E-state index in [1.54, 1.807) is 0 Å². The van der Waals surface area contributed by atoms with Gasteiger partial charge in [-0.15, -0.1) is 0 Å². The van der Waals surface area contributed by atoms with Crippen LogP contribution < -0.4 is 16.1 Å². The number of fused-ring (bicyclic) bond motifs is 2. The van der Waals surface area contributed by atoms with E-state index in [-0.39, 0.29) is 12.6 Å². The molecule has 3 rings (SSSR count). The zero-order valence-corrected chi connectivity index (χ0v) is 9.99. The van der Waals surface area contributed by atoms with Gasteiger partial charge in [-0.2, -0.15) is 0 Å². The van der Waals surface area contributed by atoms with Gasteiger partial charge in [0.25, 0.3) is 11.8 Å². The highest BCUT2D eigenvalue weighted by Gasteiger charge is 2.56. The summed E-state index contributed by atoms with van der Waals surface area (Å²) in [6.45, 7) is 1.05. The fraction of sp³-hybridized carbons (Fsp3) is 0.800. The van der Waals surface area contributed by atoms with E-state index in [1.807, 2.05) is 0 Å². The van der Waals surface area contributed by atoms with Crippen molar-refractivity contribution >= 4 is 11.9 Å². The Hall–Kier alpha value is -1.48. The van der Waals surface area contributed by atoms with Gasteiger partial charge in [0.1, 0.15) is 18.2 Å². The van der Waals surface area contributed by atoms with Crippen molar-refractivity contribution in [3.05, 3.63) is 0 Å². The number of amides is 3. The summed E-state index contributed by atoms with van der Waals surface area (Å²) < 4.78 is 27.4. The van der Waals surface area contributed by atoms with Gasteiger partial charge >= 0.3 is 6.03 Å². The summed E-state index contributed by atoms with van der Waals surface area (Å²) in [5, 5.41) is 5.12. The zero-order valence-electron chi connectivity index (χ0n) is 9.99. The maximum absolute atomic E-state index is 13.7. The molecular weight excluding hydrogens is 262 g/mol. The average molecular weight is 276 g/mol. The van der Waals surface area contributed by atoms with Crippen LogP contribution in [0.4, 0.5) is 13.6 Å². The molecule has 0 spiro atoms. The maximum Gasteiger partial charge on any atom is 0.318 e. The van der Waals surface area contributed by atoms with Crippen molar-refractivity contribution in [2.75, 3.05) is 19.6 Å². The molecule has 2 bridgehead atoms. The second kappa shape index (κ2) is 4.27. The van der Waals surface area contributed by atoms with Crippen LogP contribution in [0.1, 0.15) is 6.42 Å². The Morgan fingerprint density at radius 2 is 2.21 bits per heavy atom. The first-order chi connectivity index (χ1) is 8.97. The lowest BCUT2D eigenvalue weighted by Gasteiger charge is -2.35. The van der Waals surface area contributed by atoms with Gasteiger partial charge in [0.15, 0.2) is 0 Å². The van der Waals surface area contributed by atoms with Crippen molar-refractivity contribution in [2.45, 2.75) is 30.5 Å². The van der Waals surface area contributed by atoms with Crippen molar-refractivity contribution in [2.24, 2.45) is 0 Å². The summed E-state index contributed by atoms with van der Waals surface area (Å²) in [7, 11) is 0. The number of urea groups is 1. The summed E-state index contributed by atoms with van der Waals surface area (Å²) in [4.78, 5) is 29.5. The molecule has 9 heteroatoms. The molecule has 19 heavy (non-hydrogen) atoms. The zero-order chi connectivity index (χ0) is 13.6. The predicted octanol–water partition coefficient (Wildman–Crippen LogP) is -1.19. The molecule has 3 amide bonds. The first-order valence-electron chi connectivity index (χ1n) is 6.08. The molecule has 3 heterocycles. The van der Waals surface area contributed by atoms with Gasteiger partial charge in [-0.25, -0.2) is 19.1 Å². The first kappa shape index (κ1) is 12.5. The van der Waals surface area contributed by atoms with Crippen LogP contribution in [0.25, 0.3) is 0 Å². The minimum absolute atomic E-state index is 0.145. The topological polar surface area (TPSA) is 82.7 Å². The Bertz CT molecular complexity index is 416. The van der Waals surface area contributed by atoms with Crippen molar-refractivity contribution in [1.29, 1.82) is 0 Å². The second-order valence-corrected chi connectivity index (χ2v) is 5.00. The number of carbonyl (C=O) groups is 2. The molecule has 3 aliphatic rings. The van der Waals surface area contributed by atoms with Crippen LogP contribution in [0, 0.1) is 0 Å². The van der Waals surface area contributed by atoms with Crippen LogP contribution >= 0.6 is 0 Å². The third kappa shape index (κ3) is 2.12. The fourth-order valence-corrected chi connectivity index (χ4v) is 2.36. The number of carbonyl (C=O) groups excluding carboxylic acids is 2. The average Bonchev–Trinajstić information content (AvgIpc) is 2.62. The van der Waals surface area contributed by atoms with E-state index in [2.05, 4.69) is 16.1 Å². The minimum atomic E-state index is -3.08. The Morgan fingerprint density at radius 3 is 2.84 bits per heavy atom. The third-order valence-corrected chi connectivity index (χ3v) is 3.66.